The predicted octanol–water partition coefficient (Wildman–Crippen LogP) is 3.66. The molecule has 1 aliphatic heterocycles. The molecule has 3 N–H and O–H groups in total. The summed E-state index contributed by atoms with van der Waals surface area (Å²) in [5.41, 5.74) is 8.21. The largest absolute Gasteiger partial charge is 0.370 e. The van der Waals surface area contributed by atoms with Crippen LogP contribution in [0.5, 0.6) is 0 Å². The first kappa shape index (κ1) is 20.1. The van der Waals surface area contributed by atoms with Gasteiger partial charge in [-0.1, -0.05) is 48.5 Å². The molecule has 0 radical (unpaired) electrons. The lowest BCUT2D eigenvalue weighted by Gasteiger charge is -2.36. The second kappa shape index (κ2) is 9.51. The van der Waals surface area contributed by atoms with Crippen molar-refractivity contribution in [2.75, 3.05) is 18.4 Å². The van der Waals surface area contributed by atoms with Crippen molar-refractivity contribution < 1.29 is 9.59 Å². The van der Waals surface area contributed by atoms with Crippen LogP contribution in [0.2, 0.25) is 0 Å². The Labute approximate surface area is 166 Å². The summed E-state index contributed by atoms with van der Waals surface area (Å²) in [6.45, 7) is 3.70. The molecule has 0 spiro atoms. The Balaban J connectivity index is 1.66. The van der Waals surface area contributed by atoms with Crippen molar-refractivity contribution in [1.82, 2.24) is 4.90 Å². The Morgan fingerprint density at radius 1 is 1.14 bits per heavy atom. The summed E-state index contributed by atoms with van der Waals surface area (Å²) in [5.74, 6) is 0.174. The third kappa shape index (κ3) is 5.20. The normalized spacial score (nSPS) is 18.4. The number of benzene rings is 2. The van der Waals surface area contributed by atoms with Gasteiger partial charge in [-0.15, -0.1) is 0 Å². The number of nitrogens with one attached hydrogen (secondary N) is 1. The maximum Gasteiger partial charge on any atom is 0.241 e. The van der Waals surface area contributed by atoms with Crippen LogP contribution in [0.15, 0.2) is 54.6 Å². The number of nitrogens with zero attached hydrogens (tertiary/aromatic N) is 1. The zero-order chi connectivity index (χ0) is 19.9. The van der Waals surface area contributed by atoms with E-state index in [9.17, 15) is 9.59 Å². The monoisotopic (exact) mass is 379 g/mol. The first-order valence-electron chi connectivity index (χ1n) is 10.0. The maximum atomic E-state index is 12.9. The average Bonchev–Trinajstić information content (AvgIpc) is 2.73. The minimum Gasteiger partial charge on any atom is -0.370 e. The highest BCUT2D eigenvalue weighted by atomic mass is 16.2. The van der Waals surface area contributed by atoms with Crippen LogP contribution in [0, 0.1) is 5.92 Å². The van der Waals surface area contributed by atoms with Gasteiger partial charge in [-0.2, -0.15) is 0 Å². The molecule has 2 aromatic rings. The molecule has 5 heteroatoms. The minimum atomic E-state index is -0.250. The number of carbonyl (C=O) groups excluding carboxylic acids is 2. The van der Waals surface area contributed by atoms with Crippen molar-refractivity contribution >= 4 is 17.5 Å². The molecule has 2 aromatic carbocycles. The van der Waals surface area contributed by atoms with Gasteiger partial charge in [0.25, 0.3) is 0 Å². The van der Waals surface area contributed by atoms with Crippen molar-refractivity contribution in [3.05, 3.63) is 54.6 Å². The summed E-state index contributed by atoms with van der Waals surface area (Å²) in [4.78, 5) is 26.2. The second-order valence-corrected chi connectivity index (χ2v) is 7.59. The van der Waals surface area contributed by atoms with Gasteiger partial charge in [0.15, 0.2) is 0 Å². The van der Waals surface area contributed by atoms with Crippen LogP contribution >= 0.6 is 0 Å². The molecule has 28 heavy (non-hydrogen) atoms. The van der Waals surface area contributed by atoms with E-state index in [2.05, 4.69) is 10.2 Å². The lowest BCUT2D eigenvalue weighted by Crippen LogP contribution is -2.47. The van der Waals surface area contributed by atoms with Crippen molar-refractivity contribution in [2.24, 2.45) is 11.7 Å². The Morgan fingerprint density at radius 3 is 2.61 bits per heavy atom. The summed E-state index contributed by atoms with van der Waals surface area (Å²) in [5, 5.41) is 3.12. The van der Waals surface area contributed by atoms with Crippen LogP contribution < -0.4 is 11.1 Å². The van der Waals surface area contributed by atoms with Crippen LogP contribution in [0.25, 0.3) is 11.1 Å². The summed E-state index contributed by atoms with van der Waals surface area (Å²) in [7, 11) is 0. The van der Waals surface area contributed by atoms with E-state index in [-0.39, 0.29) is 17.9 Å². The third-order valence-electron chi connectivity index (χ3n) is 5.55. The van der Waals surface area contributed by atoms with Crippen LogP contribution in [0.4, 0.5) is 5.69 Å². The molecule has 1 saturated heterocycles. The molecule has 5 nitrogen and oxygen atoms in total. The predicted molar refractivity (Wildman–Crippen MR) is 113 cm³/mol. The van der Waals surface area contributed by atoms with E-state index in [0.29, 0.717) is 12.3 Å². The minimum absolute atomic E-state index is 0.000989. The zero-order valence-electron chi connectivity index (χ0n) is 16.4. The molecule has 2 amide bonds. The molecule has 2 atom stereocenters. The highest BCUT2D eigenvalue weighted by Gasteiger charge is 2.27. The Bertz CT molecular complexity index is 807. The lowest BCUT2D eigenvalue weighted by atomic mass is 9.92. The number of carbonyl (C=O) groups is 2. The molecule has 0 aliphatic carbocycles. The van der Waals surface area contributed by atoms with Gasteiger partial charge in [0.1, 0.15) is 0 Å². The van der Waals surface area contributed by atoms with Gasteiger partial charge in [0.05, 0.1) is 6.04 Å². The van der Waals surface area contributed by atoms with Crippen molar-refractivity contribution in [3.63, 3.8) is 0 Å². The number of piperidine rings is 1. The molecular formula is C23H29N3O2. The van der Waals surface area contributed by atoms with Gasteiger partial charge in [0.2, 0.25) is 11.8 Å². The standard InChI is InChI=1S/C23H29N3O2/c1-17(26-15-7-8-18(16-26)13-14-22(24)27)23(28)25-21-12-6-5-11-20(21)19-9-3-2-4-10-19/h2-6,9-12,17-18H,7-8,13-16H2,1H3,(H2,24,27)(H,25,28). The van der Waals surface area contributed by atoms with Gasteiger partial charge in [-0.25, -0.2) is 0 Å². The fraction of sp³-hybridized carbons (Fsp3) is 0.391. The smallest absolute Gasteiger partial charge is 0.241 e. The van der Waals surface area contributed by atoms with Crippen molar-refractivity contribution in [2.45, 2.75) is 38.6 Å². The van der Waals surface area contributed by atoms with Crippen LogP contribution in [-0.2, 0) is 9.59 Å². The molecule has 1 heterocycles. The molecular weight excluding hydrogens is 350 g/mol. The van der Waals surface area contributed by atoms with Crippen molar-refractivity contribution in [1.29, 1.82) is 0 Å². The Hall–Kier alpha value is -2.66. The Morgan fingerprint density at radius 2 is 1.86 bits per heavy atom. The summed E-state index contributed by atoms with van der Waals surface area (Å²) < 4.78 is 0. The van der Waals surface area contributed by atoms with Gasteiger partial charge < -0.3 is 11.1 Å². The third-order valence-corrected chi connectivity index (χ3v) is 5.55. The first-order chi connectivity index (χ1) is 13.5. The van der Waals surface area contributed by atoms with E-state index < -0.39 is 0 Å². The quantitative estimate of drug-likeness (QED) is 0.771. The fourth-order valence-corrected chi connectivity index (χ4v) is 3.90. The number of hydrogen-bond donors (Lipinski definition) is 2. The zero-order valence-corrected chi connectivity index (χ0v) is 16.4. The van der Waals surface area contributed by atoms with E-state index in [1.54, 1.807) is 0 Å². The lowest BCUT2D eigenvalue weighted by molar-refractivity contribution is -0.122. The fourth-order valence-electron chi connectivity index (χ4n) is 3.90. The van der Waals surface area contributed by atoms with Gasteiger partial charge >= 0.3 is 0 Å². The van der Waals surface area contributed by atoms with E-state index in [1.165, 1.54) is 0 Å². The number of nitrogens with two attached hydrogens (primary N) is 1. The maximum absolute atomic E-state index is 12.9. The first-order valence-corrected chi connectivity index (χ1v) is 10.0. The highest BCUT2D eigenvalue weighted by Crippen LogP contribution is 2.28. The molecule has 0 bridgehead atoms. The number of para-hydroxylation sites is 1. The SMILES string of the molecule is CC(C(=O)Nc1ccccc1-c1ccccc1)N1CCCC(CCC(N)=O)C1. The van der Waals surface area contributed by atoms with Gasteiger partial charge in [-0.05, 0) is 50.3 Å². The van der Waals surface area contributed by atoms with Crippen LogP contribution in [0.3, 0.4) is 0 Å². The molecule has 0 saturated carbocycles. The Kier molecular flexibility index (Phi) is 6.82. The molecule has 3 rings (SSSR count). The number of amides is 2. The highest BCUT2D eigenvalue weighted by molar-refractivity contribution is 5.98. The number of anilines is 1. The molecule has 148 valence electrons. The topological polar surface area (TPSA) is 75.4 Å². The number of hydrogen-bond acceptors (Lipinski definition) is 3. The van der Waals surface area contributed by atoms with E-state index in [1.807, 2.05) is 61.5 Å². The molecule has 1 fully saturated rings. The number of likely N-dealkylation sites (tertiary alicyclic amines) is 1. The van der Waals surface area contributed by atoms with E-state index in [0.717, 1.165) is 49.2 Å². The number of rotatable bonds is 7. The average molecular weight is 380 g/mol. The molecule has 2 unspecified atom stereocenters. The summed E-state index contributed by atoms with van der Waals surface area (Å²) in [6.07, 6.45) is 3.36. The van der Waals surface area contributed by atoms with Crippen LogP contribution in [0.1, 0.15) is 32.6 Å². The summed E-state index contributed by atoms with van der Waals surface area (Å²) >= 11 is 0. The van der Waals surface area contributed by atoms with Crippen molar-refractivity contribution in [3.8, 4) is 11.1 Å². The van der Waals surface area contributed by atoms with E-state index >= 15 is 0 Å². The number of primary amides is 1. The molecule has 0 aromatic heterocycles. The van der Waals surface area contributed by atoms with Gasteiger partial charge in [0, 0.05) is 24.2 Å². The van der Waals surface area contributed by atoms with Gasteiger partial charge in [-0.3, -0.25) is 14.5 Å². The summed E-state index contributed by atoms with van der Waals surface area (Å²) in [6, 6.07) is 17.7. The molecule has 1 aliphatic rings. The second-order valence-electron chi connectivity index (χ2n) is 7.59. The van der Waals surface area contributed by atoms with E-state index in [4.69, 9.17) is 5.73 Å². The van der Waals surface area contributed by atoms with Crippen LogP contribution in [-0.4, -0.2) is 35.8 Å².